The van der Waals surface area contributed by atoms with Gasteiger partial charge in [0.1, 0.15) is 0 Å². The number of hydrogen-bond acceptors (Lipinski definition) is 2. The van der Waals surface area contributed by atoms with E-state index in [0.717, 1.165) is 32.0 Å². The van der Waals surface area contributed by atoms with Gasteiger partial charge in [-0.2, -0.15) is 0 Å². The molecule has 0 amide bonds. The number of likely N-dealkylation sites (N-methyl/N-ethyl adjacent to an activating group) is 1. The van der Waals surface area contributed by atoms with Crippen LogP contribution in [0, 0.1) is 5.92 Å². The average molecular weight is 246 g/mol. The highest BCUT2D eigenvalue weighted by Crippen LogP contribution is 2.29. The summed E-state index contributed by atoms with van der Waals surface area (Å²) >= 11 is 0. The molecule has 0 bridgehead atoms. The van der Waals surface area contributed by atoms with E-state index < -0.39 is 0 Å². The zero-order valence-corrected chi connectivity index (χ0v) is 11.8. The first-order valence-corrected chi connectivity index (χ1v) is 7.25. The lowest BCUT2D eigenvalue weighted by Gasteiger charge is -2.18. The van der Waals surface area contributed by atoms with Crippen LogP contribution in [0.5, 0.6) is 0 Å². The van der Waals surface area contributed by atoms with E-state index in [0.29, 0.717) is 0 Å². The lowest BCUT2D eigenvalue weighted by atomic mass is 10.0. The standard InChI is InChI=1S/C16H26N2/c1-3-17-11-10-15-6-4-5-7-16(15)13-18(2)12-14-8-9-14/h4-7,14,17H,3,8-13H2,1-2H3. The summed E-state index contributed by atoms with van der Waals surface area (Å²) in [6, 6.07) is 8.88. The lowest BCUT2D eigenvalue weighted by molar-refractivity contribution is 0.312. The number of hydrogen-bond donors (Lipinski definition) is 1. The van der Waals surface area contributed by atoms with Gasteiger partial charge in [0.05, 0.1) is 0 Å². The molecule has 0 atom stereocenters. The Morgan fingerprint density at radius 2 is 1.94 bits per heavy atom. The van der Waals surface area contributed by atoms with Crippen LogP contribution in [0.1, 0.15) is 30.9 Å². The molecular formula is C16H26N2. The van der Waals surface area contributed by atoms with Crippen molar-refractivity contribution in [1.29, 1.82) is 0 Å². The predicted octanol–water partition coefficient (Wildman–Crippen LogP) is 2.68. The number of nitrogens with zero attached hydrogens (tertiary/aromatic N) is 1. The van der Waals surface area contributed by atoms with E-state index in [9.17, 15) is 0 Å². The van der Waals surface area contributed by atoms with Gasteiger partial charge in [0.15, 0.2) is 0 Å². The minimum absolute atomic E-state index is 0.976. The molecule has 0 heterocycles. The summed E-state index contributed by atoms with van der Waals surface area (Å²) < 4.78 is 0. The molecule has 0 aromatic heterocycles. The Kier molecular flexibility index (Phi) is 5.21. The third kappa shape index (κ3) is 4.43. The van der Waals surface area contributed by atoms with E-state index in [4.69, 9.17) is 0 Å². The largest absolute Gasteiger partial charge is 0.317 e. The molecule has 1 aromatic rings. The smallest absolute Gasteiger partial charge is 0.0233 e. The van der Waals surface area contributed by atoms with Gasteiger partial charge < -0.3 is 10.2 Å². The maximum absolute atomic E-state index is 3.41. The first-order chi connectivity index (χ1) is 8.79. The van der Waals surface area contributed by atoms with E-state index in [1.807, 2.05) is 0 Å². The van der Waals surface area contributed by atoms with E-state index in [1.54, 1.807) is 0 Å². The topological polar surface area (TPSA) is 15.3 Å². The fourth-order valence-electron chi connectivity index (χ4n) is 2.45. The second-order valence-electron chi connectivity index (χ2n) is 5.51. The highest BCUT2D eigenvalue weighted by atomic mass is 15.1. The van der Waals surface area contributed by atoms with Crippen molar-refractivity contribution in [1.82, 2.24) is 10.2 Å². The zero-order valence-electron chi connectivity index (χ0n) is 11.8. The molecule has 0 aliphatic heterocycles. The van der Waals surface area contributed by atoms with Crippen LogP contribution in [0.3, 0.4) is 0 Å². The molecule has 0 saturated heterocycles. The molecule has 1 fully saturated rings. The Bertz CT molecular complexity index is 358. The van der Waals surface area contributed by atoms with Gasteiger partial charge in [-0.3, -0.25) is 0 Å². The minimum atomic E-state index is 0.976. The molecule has 2 nitrogen and oxygen atoms in total. The van der Waals surface area contributed by atoms with Crippen molar-refractivity contribution in [3.05, 3.63) is 35.4 Å². The summed E-state index contributed by atoms with van der Waals surface area (Å²) in [6.07, 6.45) is 4.01. The van der Waals surface area contributed by atoms with Crippen molar-refractivity contribution in [3.63, 3.8) is 0 Å². The normalized spacial score (nSPS) is 15.3. The molecule has 1 aliphatic rings. The van der Waals surface area contributed by atoms with Crippen LogP contribution in [0.4, 0.5) is 0 Å². The van der Waals surface area contributed by atoms with Gasteiger partial charge in [0.25, 0.3) is 0 Å². The summed E-state index contributed by atoms with van der Waals surface area (Å²) in [5.41, 5.74) is 3.00. The Morgan fingerprint density at radius 3 is 2.61 bits per heavy atom. The van der Waals surface area contributed by atoms with Gasteiger partial charge in [-0.05, 0) is 56.4 Å². The molecule has 0 unspecified atom stereocenters. The van der Waals surface area contributed by atoms with Crippen molar-refractivity contribution < 1.29 is 0 Å². The second kappa shape index (κ2) is 6.91. The molecule has 100 valence electrons. The highest BCUT2D eigenvalue weighted by Gasteiger charge is 2.22. The molecule has 1 aliphatic carbocycles. The molecule has 0 radical (unpaired) electrons. The molecule has 2 rings (SSSR count). The van der Waals surface area contributed by atoms with Crippen molar-refractivity contribution >= 4 is 0 Å². The van der Waals surface area contributed by atoms with Gasteiger partial charge in [-0.25, -0.2) is 0 Å². The van der Waals surface area contributed by atoms with Gasteiger partial charge in [-0.15, -0.1) is 0 Å². The van der Waals surface area contributed by atoms with Crippen LogP contribution < -0.4 is 5.32 Å². The molecule has 1 N–H and O–H groups in total. The minimum Gasteiger partial charge on any atom is -0.317 e. The van der Waals surface area contributed by atoms with Crippen LogP contribution in [0.15, 0.2) is 24.3 Å². The molecular weight excluding hydrogens is 220 g/mol. The van der Waals surface area contributed by atoms with E-state index in [2.05, 4.69) is 48.5 Å². The SMILES string of the molecule is CCNCCc1ccccc1CN(C)CC1CC1. The molecule has 2 heteroatoms. The summed E-state index contributed by atoms with van der Waals surface area (Å²) in [5, 5.41) is 3.41. The summed E-state index contributed by atoms with van der Waals surface area (Å²) in [7, 11) is 2.25. The first kappa shape index (κ1) is 13.6. The average Bonchev–Trinajstić information content (AvgIpc) is 3.15. The van der Waals surface area contributed by atoms with E-state index in [-0.39, 0.29) is 0 Å². The summed E-state index contributed by atoms with van der Waals surface area (Å²) in [6.45, 7) is 6.67. The molecule has 18 heavy (non-hydrogen) atoms. The van der Waals surface area contributed by atoms with Crippen molar-refractivity contribution in [2.24, 2.45) is 5.92 Å². The van der Waals surface area contributed by atoms with Gasteiger partial charge in [0, 0.05) is 13.1 Å². The number of rotatable bonds is 8. The number of benzene rings is 1. The van der Waals surface area contributed by atoms with E-state index in [1.165, 1.54) is 30.5 Å². The van der Waals surface area contributed by atoms with Crippen LogP contribution >= 0.6 is 0 Å². The fraction of sp³-hybridized carbons (Fsp3) is 0.625. The lowest BCUT2D eigenvalue weighted by Crippen LogP contribution is -2.22. The summed E-state index contributed by atoms with van der Waals surface area (Å²) in [5.74, 6) is 0.976. The first-order valence-electron chi connectivity index (χ1n) is 7.25. The van der Waals surface area contributed by atoms with Crippen LogP contribution in [0.25, 0.3) is 0 Å². The third-order valence-electron chi connectivity index (χ3n) is 3.65. The van der Waals surface area contributed by atoms with Crippen LogP contribution in [0.2, 0.25) is 0 Å². The van der Waals surface area contributed by atoms with Gasteiger partial charge >= 0.3 is 0 Å². The van der Waals surface area contributed by atoms with Crippen molar-refractivity contribution in [2.45, 2.75) is 32.7 Å². The number of nitrogens with one attached hydrogen (secondary N) is 1. The highest BCUT2D eigenvalue weighted by molar-refractivity contribution is 5.27. The summed E-state index contributed by atoms with van der Waals surface area (Å²) in [4.78, 5) is 2.48. The fourth-order valence-corrected chi connectivity index (χ4v) is 2.45. The zero-order chi connectivity index (χ0) is 12.8. The molecule has 1 aromatic carbocycles. The van der Waals surface area contributed by atoms with Crippen molar-refractivity contribution in [2.75, 3.05) is 26.7 Å². The molecule has 1 saturated carbocycles. The Hall–Kier alpha value is -0.860. The van der Waals surface area contributed by atoms with Crippen LogP contribution in [-0.2, 0) is 13.0 Å². The third-order valence-corrected chi connectivity index (χ3v) is 3.65. The van der Waals surface area contributed by atoms with Gasteiger partial charge in [0.2, 0.25) is 0 Å². The van der Waals surface area contributed by atoms with E-state index >= 15 is 0 Å². The Labute approximate surface area is 111 Å². The quantitative estimate of drug-likeness (QED) is 0.710. The van der Waals surface area contributed by atoms with Crippen LogP contribution in [-0.4, -0.2) is 31.6 Å². The predicted molar refractivity (Wildman–Crippen MR) is 77.7 cm³/mol. The monoisotopic (exact) mass is 246 g/mol. The maximum Gasteiger partial charge on any atom is 0.0233 e. The Morgan fingerprint density at radius 1 is 1.22 bits per heavy atom. The second-order valence-corrected chi connectivity index (χ2v) is 5.51. The van der Waals surface area contributed by atoms with Gasteiger partial charge in [-0.1, -0.05) is 31.2 Å². The molecule has 0 spiro atoms. The Balaban J connectivity index is 1.88. The maximum atomic E-state index is 3.41. The van der Waals surface area contributed by atoms with Crippen molar-refractivity contribution in [3.8, 4) is 0 Å².